The standard InChI is InChI=1S/C11H18BrN3/c1-4-10-5-11(14-7-13-10)15-9(3)8(2)6-12/h5,7-9H,4,6H2,1-3H3,(H,13,14,15). The Morgan fingerprint density at radius 2 is 2.13 bits per heavy atom. The van der Waals surface area contributed by atoms with Crippen molar-refractivity contribution < 1.29 is 0 Å². The molecule has 0 aliphatic heterocycles. The Bertz CT molecular complexity index is 304. The number of nitrogens with one attached hydrogen (secondary N) is 1. The highest BCUT2D eigenvalue weighted by Gasteiger charge is 2.10. The predicted molar refractivity (Wildman–Crippen MR) is 67.5 cm³/mol. The van der Waals surface area contributed by atoms with Crippen LogP contribution in [0, 0.1) is 5.92 Å². The van der Waals surface area contributed by atoms with Gasteiger partial charge in [-0.1, -0.05) is 29.8 Å². The molecule has 0 spiro atoms. The van der Waals surface area contributed by atoms with Crippen LogP contribution in [0.3, 0.4) is 0 Å². The molecule has 0 saturated heterocycles. The summed E-state index contributed by atoms with van der Waals surface area (Å²) in [5, 5.41) is 4.38. The van der Waals surface area contributed by atoms with Gasteiger partial charge in [-0.2, -0.15) is 0 Å². The summed E-state index contributed by atoms with van der Waals surface area (Å²) in [5.74, 6) is 1.49. The SMILES string of the molecule is CCc1cc(NC(C)C(C)CBr)ncn1. The van der Waals surface area contributed by atoms with Gasteiger partial charge in [0.15, 0.2) is 0 Å². The predicted octanol–water partition coefficient (Wildman–Crippen LogP) is 2.87. The van der Waals surface area contributed by atoms with Crippen molar-refractivity contribution in [2.24, 2.45) is 5.92 Å². The average molecular weight is 272 g/mol. The first-order chi connectivity index (χ1) is 7.17. The maximum absolute atomic E-state index is 4.21. The Morgan fingerprint density at radius 1 is 1.40 bits per heavy atom. The lowest BCUT2D eigenvalue weighted by Gasteiger charge is -2.19. The molecule has 2 atom stereocenters. The normalized spacial score (nSPS) is 14.7. The van der Waals surface area contributed by atoms with Crippen LogP contribution in [0.2, 0.25) is 0 Å². The van der Waals surface area contributed by atoms with E-state index >= 15 is 0 Å². The fourth-order valence-corrected chi connectivity index (χ4v) is 1.74. The van der Waals surface area contributed by atoms with Gasteiger partial charge in [0.05, 0.1) is 0 Å². The van der Waals surface area contributed by atoms with Gasteiger partial charge in [0.25, 0.3) is 0 Å². The smallest absolute Gasteiger partial charge is 0.129 e. The van der Waals surface area contributed by atoms with Gasteiger partial charge < -0.3 is 5.32 Å². The van der Waals surface area contributed by atoms with Gasteiger partial charge in [-0.05, 0) is 19.3 Å². The highest BCUT2D eigenvalue weighted by Crippen LogP contribution is 2.12. The number of hydrogen-bond donors (Lipinski definition) is 1. The summed E-state index contributed by atoms with van der Waals surface area (Å²) < 4.78 is 0. The van der Waals surface area contributed by atoms with Crippen molar-refractivity contribution in [1.29, 1.82) is 0 Å². The van der Waals surface area contributed by atoms with Crippen molar-refractivity contribution in [3.05, 3.63) is 18.1 Å². The topological polar surface area (TPSA) is 37.8 Å². The summed E-state index contributed by atoms with van der Waals surface area (Å²) in [7, 11) is 0. The van der Waals surface area contributed by atoms with E-state index < -0.39 is 0 Å². The summed E-state index contributed by atoms with van der Waals surface area (Å²) in [6.07, 6.45) is 2.56. The van der Waals surface area contributed by atoms with Crippen molar-refractivity contribution in [1.82, 2.24) is 9.97 Å². The molecule has 0 radical (unpaired) electrons. The number of alkyl halides is 1. The van der Waals surface area contributed by atoms with E-state index in [1.54, 1.807) is 6.33 Å². The van der Waals surface area contributed by atoms with Crippen LogP contribution < -0.4 is 5.32 Å². The fraction of sp³-hybridized carbons (Fsp3) is 0.636. The first kappa shape index (κ1) is 12.4. The van der Waals surface area contributed by atoms with Crippen molar-refractivity contribution in [3.8, 4) is 0 Å². The second kappa shape index (κ2) is 6.05. The maximum atomic E-state index is 4.21. The molecule has 15 heavy (non-hydrogen) atoms. The molecule has 4 heteroatoms. The maximum Gasteiger partial charge on any atom is 0.129 e. The highest BCUT2D eigenvalue weighted by molar-refractivity contribution is 9.09. The minimum Gasteiger partial charge on any atom is -0.367 e. The molecule has 0 aliphatic carbocycles. The number of rotatable bonds is 5. The van der Waals surface area contributed by atoms with Gasteiger partial charge >= 0.3 is 0 Å². The number of halogens is 1. The number of aryl methyl sites for hydroxylation is 1. The Morgan fingerprint density at radius 3 is 2.73 bits per heavy atom. The van der Waals surface area contributed by atoms with Crippen LogP contribution in [0.1, 0.15) is 26.5 Å². The molecule has 0 amide bonds. The van der Waals surface area contributed by atoms with E-state index in [2.05, 4.69) is 52.0 Å². The molecule has 1 heterocycles. The van der Waals surface area contributed by atoms with Crippen molar-refractivity contribution in [3.63, 3.8) is 0 Å². The molecule has 0 aromatic carbocycles. The Hall–Kier alpha value is -0.640. The summed E-state index contributed by atoms with van der Waals surface area (Å²) in [4.78, 5) is 8.38. The molecule has 1 rings (SSSR count). The van der Waals surface area contributed by atoms with Crippen LogP contribution in [0.15, 0.2) is 12.4 Å². The third-order valence-corrected chi connectivity index (χ3v) is 3.58. The third kappa shape index (κ3) is 3.78. The molecular weight excluding hydrogens is 254 g/mol. The van der Waals surface area contributed by atoms with Gasteiger partial charge in [-0.25, -0.2) is 9.97 Å². The highest BCUT2D eigenvalue weighted by atomic mass is 79.9. The van der Waals surface area contributed by atoms with Crippen molar-refractivity contribution in [2.45, 2.75) is 33.2 Å². The molecule has 1 aromatic heterocycles. The van der Waals surface area contributed by atoms with Crippen LogP contribution in [0.25, 0.3) is 0 Å². The van der Waals surface area contributed by atoms with Gasteiger partial charge in [-0.15, -0.1) is 0 Å². The molecule has 1 N–H and O–H groups in total. The van der Waals surface area contributed by atoms with E-state index in [1.165, 1.54) is 0 Å². The van der Waals surface area contributed by atoms with Crippen molar-refractivity contribution in [2.75, 3.05) is 10.6 Å². The molecule has 84 valence electrons. The van der Waals surface area contributed by atoms with Crippen LogP contribution in [-0.2, 0) is 6.42 Å². The number of hydrogen-bond acceptors (Lipinski definition) is 3. The van der Waals surface area contributed by atoms with Crippen LogP contribution in [0.5, 0.6) is 0 Å². The van der Waals surface area contributed by atoms with Gasteiger partial charge in [0.1, 0.15) is 12.1 Å². The van der Waals surface area contributed by atoms with Crippen LogP contribution in [-0.4, -0.2) is 21.3 Å². The lowest BCUT2D eigenvalue weighted by atomic mass is 10.1. The fourth-order valence-electron chi connectivity index (χ4n) is 1.18. The molecular formula is C11H18BrN3. The molecule has 2 unspecified atom stereocenters. The van der Waals surface area contributed by atoms with E-state index in [1.807, 2.05) is 6.07 Å². The van der Waals surface area contributed by atoms with Crippen LogP contribution in [0.4, 0.5) is 5.82 Å². The van der Waals surface area contributed by atoms with E-state index in [9.17, 15) is 0 Å². The third-order valence-electron chi connectivity index (χ3n) is 2.56. The molecule has 0 bridgehead atoms. The lowest BCUT2D eigenvalue weighted by molar-refractivity contribution is 0.570. The van der Waals surface area contributed by atoms with Gasteiger partial charge in [0, 0.05) is 23.1 Å². The number of aromatic nitrogens is 2. The summed E-state index contributed by atoms with van der Waals surface area (Å²) in [6.45, 7) is 6.46. The van der Waals surface area contributed by atoms with E-state index in [0.29, 0.717) is 12.0 Å². The number of nitrogens with zero attached hydrogens (tertiary/aromatic N) is 2. The van der Waals surface area contributed by atoms with Gasteiger partial charge in [0.2, 0.25) is 0 Å². The van der Waals surface area contributed by atoms with E-state index in [0.717, 1.165) is 23.3 Å². The first-order valence-electron chi connectivity index (χ1n) is 5.30. The lowest BCUT2D eigenvalue weighted by Crippen LogP contribution is -2.25. The second-order valence-electron chi connectivity index (χ2n) is 3.81. The zero-order chi connectivity index (χ0) is 11.3. The molecule has 0 saturated carbocycles. The molecule has 0 fully saturated rings. The zero-order valence-electron chi connectivity index (χ0n) is 9.50. The Balaban J connectivity index is 2.63. The molecule has 1 aromatic rings. The van der Waals surface area contributed by atoms with Crippen molar-refractivity contribution >= 4 is 21.7 Å². The average Bonchev–Trinajstić information content (AvgIpc) is 2.28. The molecule has 3 nitrogen and oxygen atoms in total. The quantitative estimate of drug-likeness (QED) is 0.837. The van der Waals surface area contributed by atoms with Gasteiger partial charge in [-0.3, -0.25) is 0 Å². The molecule has 0 aliphatic rings. The summed E-state index contributed by atoms with van der Waals surface area (Å²) in [5.41, 5.74) is 1.08. The monoisotopic (exact) mass is 271 g/mol. The zero-order valence-corrected chi connectivity index (χ0v) is 11.1. The minimum atomic E-state index is 0.406. The van der Waals surface area contributed by atoms with E-state index in [-0.39, 0.29) is 0 Å². The van der Waals surface area contributed by atoms with Crippen LogP contribution >= 0.6 is 15.9 Å². The second-order valence-corrected chi connectivity index (χ2v) is 4.46. The number of anilines is 1. The summed E-state index contributed by atoms with van der Waals surface area (Å²) in [6, 6.07) is 2.42. The minimum absolute atomic E-state index is 0.406. The Kier molecular flexibility index (Phi) is 5.02. The first-order valence-corrected chi connectivity index (χ1v) is 6.43. The Labute approximate surface area is 99.8 Å². The largest absolute Gasteiger partial charge is 0.367 e. The van der Waals surface area contributed by atoms with E-state index in [4.69, 9.17) is 0 Å². The summed E-state index contributed by atoms with van der Waals surface area (Å²) >= 11 is 3.48.